The second kappa shape index (κ2) is 6.65. The van der Waals surface area contributed by atoms with Crippen molar-refractivity contribution in [1.82, 2.24) is 5.43 Å². The lowest BCUT2D eigenvalue weighted by atomic mass is 10.1. The summed E-state index contributed by atoms with van der Waals surface area (Å²) in [5.74, 6) is -0.187. The van der Waals surface area contributed by atoms with E-state index in [4.69, 9.17) is 0 Å². The molecule has 0 saturated heterocycles. The van der Waals surface area contributed by atoms with E-state index in [9.17, 15) is 4.79 Å². The van der Waals surface area contributed by atoms with Gasteiger partial charge in [0.15, 0.2) is 0 Å². The summed E-state index contributed by atoms with van der Waals surface area (Å²) in [6, 6.07) is 15.5. The van der Waals surface area contributed by atoms with Gasteiger partial charge in [-0.25, -0.2) is 5.43 Å². The second-order valence-electron chi connectivity index (χ2n) is 4.46. The molecule has 102 valence electrons. The molecule has 0 aromatic heterocycles. The van der Waals surface area contributed by atoms with E-state index in [0.29, 0.717) is 5.56 Å². The van der Waals surface area contributed by atoms with Crippen LogP contribution in [0.4, 0.5) is 0 Å². The summed E-state index contributed by atoms with van der Waals surface area (Å²) in [6.45, 7) is 3.78. The molecule has 1 amide bonds. The normalized spacial score (nSPS) is 11.2. The number of nitrogens with zero attached hydrogens (tertiary/aromatic N) is 1. The first-order valence-electron chi connectivity index (χ1n) is 6.24. The van der Waals surface area contributed by atoms with Crippen LogP contribution < -0.4 is 5.43 Å². The summed E-state index contributed by atoms with van der Waals surface area (Å²) in [7, 11) is 0. The Morgan fingerprint density at radius 1 is 1.10 bits per heavy atom. The molecule has 0 heterocycles. The molecule has 0 aliphatic carbocycles. The van der Waals surface area contributed by atoms with Gasteiger partial charge in [-0.2, -0.15) is 5.10 Å². The quantitative estimate of drug-likeness (QED) is 0.493. The Hall–Kier alpha value is -1.69. The van der Waals surface area contributed by atoms with Gasteiger partial charge in [-0.1, -0.05) is 30.3 Å². The van der Waals surface area contributed by atoms with E-state index in [1.54, 1.807) is 6.07 Å². The van der Waals surface area contributed by atoms with E-state index < -0.39 is 0 Å². The number of hydrogen-bond donors (Lipinski definition) is 1. The molecule has 2 rings (SSSR count). The zero-order valence-corrected chi connectivity index (χ0v) is 13.5. The average molecular weight is 378 g/mol. The molecule has 0 unspecified atom stereocenters. The minimum absolute atomic E-state index is 0.187. The molecule has 2 aromatic carbocycles. The van der Waals surface area contributed by atoms with Crippen molar-refractivity contribution in [3.63, 3.8) is 0 Å². The van der Waals surface area contributed by atoms with Gasteiger partial charge in [0.2, 0.25) is 0 Å². The minimum Gasteiger partial charge on any atom is -0.267 e. The van der Waals surface area contributed by atoms with Crippen LogP contribution in [-0.2, 0) is 0 Å². The summed E-state index contributed by atoms with van der Waals surface area (Å²) in [6.07, 6.45) is 0. The zero-order chi connectivity index (χ0) is 14.5. The van der Waals surface area contributed by atoms with E-state index in [2.05, 4.69) is 33.1 Å². The van der Waals surface area contributed by atoms with Crippen LogP contribution in [0.5, 0.6) is 0 Å². The van der Waals surface area contributed by atoms with Gasteiger partial charge in [-0.05, 0) is 65.8 Å². The van der Waals surface area contributed by atoms with Gasteiger partial charge >= 0.3 is 0 Å². The number of benzene rings is 2. The molecule has 0 saturated carbocycles. The maximum atomic E-state index is 12.0. The Kier molecular flexibility index (Phi) is 4.89. The minimum atomic E-state index is -0.187. The van der Waals surface area contributed by atoms with Crippen molar-refractivity contribution in [3.8, 4) is 0 Å². The van der Waals surface area contributed by atoms with Crippen LogP contribution >= 0.6 is 22.6 Å². The van der Waals surface area contributed by atoms with Crippen molar-refractivity contribution < 1.29 is 4.79 Å². The molecule has 0 atom stereocenters. The average Bonchev–Trinajstić information content (AvgIpc) is 2.45. The number of hydrogen-bond acceptors (Lipinski definition) is 2. The van der Waals surface area contributed by atoms with E-state index in [1.165, 1.54) is 3.57 Å². The summed E-state index contributed by atoms with van der Waals surface area (Å²) >= 11 is 2.25. The zero-order valence-electron chi connectivity index (χ0n) is 11.4. The highest BCUT2D eigenvalue weighted by Crippen LogP contribution is 2.09. The fourth-order valence-corrected chi connectivity index (χ4v) is 2.14. The van der Waals surface area contributed by atoms with Gasteiger partial charge in [0.25, 0.3) is 5.91 Å². The number of nitrogens with one attached hydrogen (secondary N) is 1. The lowest BCUT2D eigenvalue weighted by molar-refractivity contribution is 0.0954. The SMILES string of the molecule is C/C(=N/NC(=O)c1ccccc1C)c1ccc(I)cc1. The highest BCUT2D eigenvalue weighted by molar-refractivity contribution is 14.1. The Morgan fingerprint density at radius 3 is 2.40 bits per heavy atom. The molecule has 2 aromatic rings. The predicted octanol–water partition coefficient (Wildman–Crippen LogP) is 3.75. The van der Waals surface area contributed by atoms with Crippen LogP contribution in [0.2, 0.25) is 0 Å². The van der Waals surface area contributed by atoms with Crippen molar-refractivity contribution in [2.24, 2.45) is 5.10 Å². The van der Waals surface area contributed by atoms with Crippen molar-refractivity contribution in [2.45, 2.75) is 13.8 Å². The number of halogens is 1. The van der Waals surface area contributed by atoms with Crippen LogP contribution in [0.15, 0.2) is 53.6 Å². The number of rotatable bonds is 3. The molecule has 3 nitrogen and oxygen atoms in total. The highest BCUT2D eigenvalue weighted by Gasteiger charge is 2.07. The largest absolute Gasteiger partial charge is 0.271 e. The summed E-state index contributed by atoms with van der Waals surface area (Å²) in [5.41, 5.74) is 5.96. The Balaban J connectivity index is 2.11. The number of aryl methyl sites for hydroxylation is 1. The summed E-state index contributed by atoms with van der Waals surface area (Å²) < 4.78 is 1.17. The van der Waals surface area contributed by atoms with Gasteiger partial charge in [0, 0.05) is 9.13 Å². The van der Waals surface area contributed by atoms with Crippen LogP contribution in [0.1, 0.15) is 28.4 Å². The number of carbonyl (C=O) groups is 1. The van der Waals surface area contributed by atoms with E-state index in [0.717, 1.165) is 16.8 Å². The Labute approximate surface area is 132 Å². The molecule has 1 N–H and O–H groups in total. The van der Waals surface area contributed by atoms with Crippen molar-refractivity contribution in [2.75, 3.05) is 0 Å². The number of carbonyl (C=O) groups excluding carboxylic acids is 1. The third-order valence-electron chi connectivity index (χ3n) is 2.98. The van der Waals surface area contributed by atoms with Crippen LogP contribution in [-0.4, -0.2) is 11.6 Å². The van der Waals surface area contributed by atoms with Gasteiger partial charge in [-0.15, -0.1) is 0 Å². The molecule has 0 fully saturated rings. The van der Waals surface area contributed by atoms with E-state index in [1.807, 2.05) is 56.3 Å². The third kappa shape index (κ3) is 3.66. The fourth-order valence-electron chi connectivity index (χ4n) is 1.78. The second-order valence-corrected chi connectivity index (χ2v) is 5.71. The first kappa shape index (κ1) is 14.7. The van der Waals surface area contributed by atoms with Gasteiger partial charge in [0.1, 0.15) is 0 Å². The lowest BCUT2D eigenvalue weighted by Crippen LogP contribution is -2.20. The monoisotopic (exact) mass is 378 g/mol. The Bertz CT molecular complexity index is 648. The molecule has 20 heavy (non-hydrogen) atoms. The topological polar surface area (TPSA) is 41.5 Å². The van der Waals surface area contributed by atoms with Crippen molar-refractivity contribution >= 4 is 34.2 Å². The van der Waals surface area contributed by atoms with Crippen LogP contribution in [0.25, 0.3) is 0 Å². The van der Waals surface area contributed by atoms with Crippen molar-refractivity contribution in [1.29, 1.82) is 0 Å². The number of hydrazone groups is 1. The van der Waals surface area contributed by atoms with E-state index >= 15 is 0 Å². The fraction of sp³-hybridized carbons (Fsp3) is 0.125. The first-order chi connectivity index (χ1) is 9.58. The molecule has 0 aliphatic rings. The summed E-state index contributed by atoms with van der Waals surface area (Å²) in [5, 5.41) is 4.16. The molecule has 0 spiro atoms. The van der Waals surface area contributed by atoms with Crippen LogP contribution in [0.3, 0.4) is 0 Å². The maximum Gasteiger partial charge on any atom is 0.271 e. The molecule has 0 radical (unpaired) electrons. The molecule has 0 bridgehead atoms. The molecular weight excluding hydrogens is 363 g/mol. The Morgan fingerprint density at radius 2 is 1.75 bits per heavy atom. The molecule has 0 aliphatic heterocycles. The highest BCUT2D eigenvalue weighted by atomic mass is 127. The summed E-state index contributed by atoms with van der Waals surface area (Å²) in [4.78, 5) is 12.0. The van der Waals surface area contributed by atoms with Gasteiger partial charge in [-0.3, -0.25) is 4.79 Å². The standard InChI is InChI=1S/C16H15IN2O/c1-11-5-3-4-6-15(11)16(20)19-18-12(2)13-7-9-14(17)10-8-13/h3-10H,1-2H3,(H,19,20)/b18-12-. The first-order valence-corrected chi connectivity index (χ1v) is 7.32. The van der Waals surface area contributed by atoms with Gasteiger partial charge < -0.3 is 0 Å². The maximum absolute atomic E-state index is 12.0. The molecular formula is C16H15IN2O. The van der Waals surface area contributed by atoms with E-state index in [-0.39, 0.29) is 5.91 Å². The van der Waals surface area contributed by atoms with Crippen molar-refractivity contribution in [3.05, 3.63) is 68.8 Å². The lowest BCUT2D eigenvalue weighted by Gasteiger charge is -2.05. The van der Waals surface area contributed by atoms with Gasteiger partial charge in [0.05, 0.1) is 5.71 Å². The van der Waals surface area contributed by atoms with Crippen LogP contribution in [0, 0.1) is 10.5 Å². The predicted molar refractivity (Wildman–Crippen MR) is 90.0 cm³/mol. The number of amides is 1. The molecule has 4 heteroatoms. The smallest absolute Gasteiger partial charge is 0.267 e. The third-order valence-corrected chi connectivity index (χ3v) is 3.70.